The van der Waals surface area contributed by atoms with E-state index >= 15 is 0 Å². The van der Waals surface area contributed by atoms with Crippen LogP contribution in [0.4, 0.5) is 13.2 Å². The molecule has 1 heterocycles. The maximum Gasteiger partial charge on any atom is 0.161 e. The number of carbonyl (C=O) groups is 1. The number of halogens is 3. The van der Waals surface area contributed by atoms with Gasteiger partial charge in [0.2, 0.25) is 0 Å². The third-order valence-corrected chi connectivity index (χ3v) is 2.82. The van der Waals surface area contributed by atoms with E-state index in [-0.39, 0.29) is 16.8 Å². The molecular weight excluding hydrogens is 269 g/mol. The third-order valence-electron chi connectivity index (χ3n) is 2.82. The van der Waals surface area contributed by atoms with Crippen LogP contribution in [0.15, 0.2) is 18.3 Å². The van der Waals surface area contributed by atoms with E-state index in [2.05, 4.69) is 5.10 Å². The van der Waals surface area contributed by atoms with Gasteiger partial charge in [0.05, 0.1) is 23.0 Å². The van der Waals surface area contributed by atoms with E-state index in [1.165, 1.54) is 10.9 Å². The number of hydrogen-bond donors (Lipinski definition) is 0. The van der Waals surface area contributed by atoms with Gasteiger partial charge in [0, 0.05) is 11.6 Å². The van der Waals surface area contributed by atoms with Gasteiger partial charge in [0.25, 0.3) is 0 Å². The van der Waals surface area contributed by atoms with Crippen LogP contribution in [-0.2, 0) is 5.54 Å². The van der Waals surface area contributed by atoms with E-state index in [1.807, 2.05) is 0 Å². The van der Waals surface area contributed by atoms with E-state index in [4.69, 9.17) is 0 Å². The lowest BCUT2D eigenvalue weighted by molar-refractivity contribution is 0.112. The Morgan fingerprint density at radius 2 is 1.70 bits per heavy atom. The molecule has 0 aliphatic rings. The molecule has 0 N–H and O–H groups in total. The molecule has 0 bridgehead atoms. The highest BCUT2D eigenvalue weighted by atomic mass is 19.2. The molecule has 106 valence electrons. The second kappa shape index (κ2) is 4.77. The molecule has 3 nitrogen and oxygen atoms in total. The van der Waals surface area contributed by atoms with Crippen molar-refractivity contribution in [2.45, 2.75) is 26.3 Å². The molecule has 0 amide bonds. The topological polar surface area (TPSA) is 34.9 Å². The van der Waals surface area contributed by atoms with Crippen molar-refractivity contribution in [2.75, 3.05) is 0 Å². The molecule has 0 radical (unpaired) electrons. The zero-order valence-corrected chi connectivity index (χ0v) is 11.2. The molecule has 0 atom stereocenters. The molecular formula is C14H13F3N2O. The second-order valence-corrected chi connectivity index (χ2v) is 5.40. The number of aldehydes is 1. The zero-order valence-electron chi connectivity index (χ0n) is 11.2. The highest BCUT2D eigenvalue weighted by Gasteiger charge is 2.24. The van der Waals surface area contributed by atoms with E-state index in [0.29, 0.717) is 12.4 Å². The largest absolute Gasteiger partial charge is 0.298 e. The number of hydrogen-bond acceptors (Lipinski definition) is 2. The molecule has 0 saturated carbocycles. The summed E-state index contributed by atoms with van der Waals surface area (Å²) in [5, 5.41) is 4.03. The van der Waals surface area contributed by atoms with Crippen LogP contribution in [0, 0.1) is 17.5 Å². The normalized spacial score (nSPS) is 11.7. The van der Waals surface area contributed by atoms with Gasteiger partial charge >= 0.3 is 0 Å². The van der Waals surface area contributed by atoms with E-state index in [9.17, 15) is 18.0 Å². The Kier molecular flexibility index (Phi) is 3.41. The minimum atomic E-state index is -1.28. The van der Waals surface area contributed by atoms with Gasteiger partial charge in [0.15, 0.2) is 17.9 Å². The predicted molar refractivity (Wildman–Crippen MR) is 67.9 cm³/mol. The molecule has 0 saturated heterocycles. The van der Waals surface area contributed by atoms with Crippen molar-refractivity contribution in [1.29, 1.82) is 0 Å². The van der Waals surface area contributed by atoms with Crippen LogP contribution in [0.3, 0.4) is 0 Å². The lowest BCUT2D eigenvalue weighted by Gasteiger charge is -2.23. The number of carbonyl (C=O) groups excluding carboxylic acids is 1. The van der Waals surface area contributed by atoms with E-state index in [0.717, 1.165) is 6.07 Å². The second-order valence-electron chi connectivity index (χ2n) is 5.40. The van der Waals surface area contributed by atoms with Crippen molar-refractivity contribution in [3.8, 4) is 11.3 Å². The highest BCUT2D eigenvalue weighted by Crippen LogP contribution is 2.31. The molecule has 1 aromatic carbocycles. The lowest BCUT2D eigenvalue weighted by atomic mass is 10.0. The number of benzene rings is 1. The summed E-state index contributed by atoms with van der Waals surface area (Å²) in [5.41, 5.74) is -0.499. The van der Waals surface area contributed by atoms with Gasteiger partial charge < -0.3 is 0 Å². The summed E-state index contributed by atoms with van der Waals surface area (Å²) in [6, 6.07) is 1.19. The van der Waals surface area contributed by atoms with Gasteiger partial charge in [-0.05, 0) is 26.8 Å². The summed E-state index contributed by atoms with van der Waals surface area (Å²) in [4.78, 5) is 11.1. The Bertz CT molecular complexity index is 672. The van der Waals surface area contributed by atoms with Gasteiger partial charge in [-0.15, -0.1) is 0 Å². The van der Waals surface area contributed by atoms with Gasteiger partial charge in [-0.25, -0.2) is 13.2 Å². The Labute approximate surface area is 114 Å². The van der Waals surface area contributed by atoms with Crippen molar-refractivity contribution < 1.29 is 18.0 Å². The van der Waals surface area contributed by atoms with Gasteiger partial charge in [0.1, 0.15) is 5.82 Å². The van der Waals surface area contributed by atoms with Gasteiger partial charge in [-0.3, -0.25) is 9.48 Å². The molecule has 0 spiro atoms. The average molecular weight is 282 g/mol. The summed E-state index contributed by atoms with van der Waals surface area (Å²) >= 11 is 0. The van der Waals surface area contributed by atoms with Gasteiger partial charge in [-0.1, -0.05) is 0 Å². The summed E-state index contributed by atoms with van der Waals surface area (Å²) in [6.07, 6.45) is 1.78. The van der Waals surface area contributed by atoms with Crippen LogP contribution in [0.2, 0.25) is 0 Å². The maximum atomic E-state index is 13.9. The Hall–Kier alpha value is -2.11. The van der Waals surface area contributed by atoms with Crippen LogP contribution in [0.1, 0.15) is 31.1 Å². The van der Waals surface area contributed by atoms with Crippen LogP contribution in [0.5, 0.6) is 0 Å². The Morgan fingerprint density at radius 1 is 1.10 bits per heavy atom. The average Bonchev–Trinajstić information content (AvgIpc) is 2.77. The third kappa shape index (κ3) is 2.33. The molecule has 0 fully saturated rings. The van der Waals surface area contributed by atoms with Crippen LogP contribution in [0.25, 0.3) is 11.3 Å². The van der Waals surface area contributed by atoms with Crippen molar-refractivity contribution in [1.82, 2.24) is 9.78 Å². The molecule has 0 aliphatic carbocycles. The first-order valence-electron chi connectivity index (χ1n) is 5.94. The number of aromatic nitrogens is 2. The smallest absolute Gasteiger partial charge is 0.161 e. The molecule has 6 heteroatoms. The minimum Gasteiger partial charge on any atom is -0.298 e. The van der Waals surface area contributed by atoms with Gasteiger partial charge in [-0.2, -0.15) is 5.10 Å². The minimum absolute atomic E-state index is 0.116. The monoisotopic (exact) mass is 282 g/mol. The Morgan fingerprint density at radius 3 is 2.25 bits per heavy atom. The summed E-state index contributed by atoms with van der Waals surface area (Å²) < 4.78 is 41.7. The van der Waals surface area contributed by atoms with Crippen molar-refractivity contribution in [2.24, 2.45) is 0 Å². The molecule has 1 aromatic heterocycles. The number of rotatable bonds is 2. The maximum absolute atomic E-state index is 13.9. The quantitative estimate of drug-likeness (QED) is 0.624. The standard InChI is InChI=1S/C14H13F3N2O/c1-14(2,3)19-13(8(7-20)6-18-19)9-4-11(16)12(17)5-10(9)15/h4-7H,1-3H3. The van der Waals surface area contributed by atoms with E-state index in [1.54, 1.807) is 20.8 Å². The highest BCUT2D eigenvalue weighted by molar-refractivity contribution is 5.85. The van der Waals surface area contributed by atoms with Crippen LogP contribution >= 0.6 is 0 Å². The van der Waals surface area contributed by atoms with Crippen molar-refractivity contribution in [3.05, 3.63) is 41.3 Å². The SMILES string of the molecule is CC(C)(C)n1ncc(C=O)c1-c1cc(F)c(F)cc1F. The fraction of sp³-hybridized carbons (Fsp3) is 0.286. The van der Waals surface area contributed by atoms with Crippen LogP contribution in [-0.4, -0.2) is 16.1 Å². The Balaban J connectivity index is 2.78. The van der Waals surface area contributed by atoms with Crippen molar-refractivity contribution in [3.63, 3.8) is 0 Å². The van der Waals surface area contributed by atoms with Crippen LogP contribution < -0.4 is 0 Å². The summed E-state index contributed by atoms with van der Waals surface area (Å²) in [6.45, 7) is 5.40. The van der Waals surface area contributed by atoms with E-state index < -0.39 is 23.0 Å². The molecule has 0 aliphatic heterocycles. The lowest BCUT2D eigenvalue weighted by Crippen LogP contribution is -2.24. The fourth-order valence-corrected chi connectivity index (χ4v) is 1.93. The summed E-state index contributed by atoms with van der Waals surface area (Å²) in [7, 11) is 0. The molecule has 2 aromatic rings. The summed E-state index contributed by atoms with van der Waals surface area (Å²) in [5.74, 6) is -3.40. The van der Waals surface area contributed by atoms with Crippen molar-refractivity contribution >= 4 is 6.29 Å². The predicted octanol–water partition coefficient (Wildman–Crippen LogP) is 3.53. The fourth-order valence-electron chi connectivity index (χ4n) is 1.93. The molecule has 0 unspecified atom stereocenters. The molecule has 2 rings (SSSR count). The first kappa shape index (κ1) is 14.3. The molecule has 20 heavy (non-hydrogen) atoms. The zero-order chi connectivity index (χ0) is 15.1. The number of nitrogens with zero attached hydrogens (tertiary/aromatic N) is 2. The first-order valence-corrected chi connectivity index (χ1v) is 5.94. The first-order chi connectivity index (χ1) is 9.25.